The molecule has 1 saturated heterocycles. The van der Waals surface area contributed by atoms with Gasteiger partial charge in [0.2, 0.25) is 0 Å². The maximum absolute atomic E-state index is 13.1. The molecule has 0 bridgehead atoms. The van der Waals surface area contributed by atoms with Gasteiger partial charge in [-0.2, -0.15) is 0 Å². The normalized spacial score (nSPS) is 18.1. The summed E-state index contributed by atoms with van der Waals surface area (Å²) in [5, 5.41) is 7.06. The summed E-state index contributed by atoms with van der Waals surface area (Å²) in [4.78, 5) is 14.6. The molecule has 1 aromatic carbocycles. The van der Waals surface area contributed by atoms with Crippen molar-refractivity contribution >= 4 is 17.5 Å². The summed E-state index contributed by atoms with van der Waals surface area (Å²) in [5.74, 6) is 0.102. The molecule has 1 N–H and O–H groups in total. The molecule has 7 heteroatoms. The fourth-order valence-electron chi connectivity index (χ4n) is 2.98. The largest absolute Gasteiger partial charge is 0.361 e. The van der Waals surface area contributed by atoms with Crippen LogP contribution in [0.2, 0.25) is 5.02 Å². The molecule has 0 saturated carbocycles. The van der Waals surface area contributed by atoms with E-state index in [1.165, 1.54) is 12.1 Å². The van der Waals surface area contributed by atoms with Gasteiger partial charge in [-0.15, -0.1) is 0 Å². The van der Waals surface area contributed by atoms with E-state index in [9.17, 15) is 9.18 Å². The summed E-state index contributed by atoms with van der Waals surface area (Å²) < 4.78 is 18.3. The SMILES string of the molecule is Cc1noc(C)c1CN1CC[C@H](NC(=O)c2ccc(F)cc2Cl)C1. The molecule has 3 rings (SSSR count). The number of carbonyl (C=O) groups is 1. The van der Waals surface area contributed by atoms with E-state index in [2.05, 4.69) is 15.4 Å². The number of nitrogens with one attached hydrogen (secondary N) is 1. The highest BCUT2D eigenvalue weighted by atomic mass is 35.5. The van der Waals surface area contributed by atoms with Crippen molar-refractivity contribution in [3.05, 3.63) is 51.6 Å². The van der Waals surface area contributed by atoms with Gasteiger partial charge in [0.05, 0.1) is 16.3 Å². The maximum Gasteiger partial charge on any atom is 0.253 e. The minimum Gasteiger partial charge on any atom is -0.361 e. The third kappa shape index (κ3) is 3.60. The average molecular weight is 352 g/mol. The van der Waals surface area contributed by atoms with Crippen molar-refractivity contribution in [2.45, 2.75) is 32.9 Å². The van der Waals surface area contributed by atoms with Crippen molar-refractivity contribution in [2.75, 3.05) is 13.1 Å². The van der Waals surface area contributed by atoms with Crippen molar-refractivity contribution in [3.8, 4) is 0 Å². The standard InChI is InChI=1S/C17H19ClFN3O2/c1-10-15(11(2)24-21-10)9-22-6-5-13(8-22)20-17(23)14-4-3-12(19)7-16(14)18/h3-4,7,13H,5-6,8-9H2,1-2H3,(H,20,23)/t13-/m0/s1. The van der Waals surface area contributed by atoms with Crippen molar-refractivity contribution < 1.29 is 13.7 Å². The topological polar surface area (TPSA) is 58.4 Å². The van der Waals surface area contributed by atoms with E-state index in [4.69, 9.17) is 16.1 Å². The first-order valence-corrected chi connectivity index (χ1v) is 8.22. The van der Waals surface area contributed by atoms with Crippen LogP contribution in [0.5, 0.6) is 0 Å². The lowest BCUT2D eigenvalue weighted by atomic mass is 10.2. The molecule has 24 heavy (non-hydrogen) atoms. The van der Waals surface area contributed by atoms with E-state index < -0.39 is 5.82 Å². The van der Waals surface area contributed by atoms with Crippen LogP contribution in [0.25, 0.3) is 0 Å². The quantitative estimate of drug-likeness (QED) is 0.919. The van der Waals surface area contributed by atoms with Gasteiger partial charge in [-0.1, -0.05) is 16.8 Å². The Balaban J connectivity index is 1.59. The number of hydrogen-bond acceptors (Lipinski definition) is 4. The van der Waals surface area contributed by atoms with Crippen LogP contribution in [0.4, 0.5) is 4.39 Å². The van der Waals surface area contributed by atoms with Crippen molar-refractivity contribution in [1.29, 1.82) is 0 Å². The number of nitrogens with zero attached hydrogens (tertiary/aromatic N) is 2. The molecule has 1 aliphatic rings. The second-order valence-electron chi connectivity index (χ2n) is 6.12. The molecular weight excluding hydrogens is 333 g/mol. The van der Waals surface area contributed by atoms with E-state index in [0.29, 0.717) is 5.56 Å². The Morgan fingerprint density at radius 3 is 2.96 bits per heavy atom. The smallest absolute Gasteiger partial charge is 0.253 e. The van der Waals surface area contributed by atoms with Crippen LogP contribution in [0.3, 0.4) is 0 Å². The van der Waals surface area contributed by atoms with Gasteiger partial charge in [-0.3, -0.25) is 9.69 Å². The molecule has 0 unspecified atom stereocenters. The Hall–Kier alpha value is -1.92. The van der Waals surface area contributed by atoms with E-state index >= 15 is 0 Å². The average Bonchev–Trinajstić information content (AvgIpc) is 3.09. The number of benzene rings is 1. The number of amides is 1. The van der Waals surface area contributed by atoms with Gasteiger partial charge in [0.15, 0.2) is 0 Å². The van der Waals surface area contributed by atoms with Gasteiger partial charge >= 0.3 is 0 Å². The van der Waals surface area contributed by atoms with Crippen LogP contribution in [0.1, 0.15) is 33.8 Å². The number of hydrogen-bond donors (Lipinski definition) is 1. The van der Waals surface area contributed by atoms with Gasteiger partial charge in [0.25, 0.3) is 5.91 Å². The molecule has 2 heterocycles. The predicted molar refractivity (Wildman–Crippen MR) is 88.5 cm³/mol. The fourth-order valence-corrected chi connectivity index (χ4v) is 3.24. The molecule has 1 atom stereocenters. The number of rotatable bonds is 4. The molecule has 1 amide bonds. The maximum atomic E-state index is 13.1. The molecule has 0 aliphatic carbocycles. The Morgan fingerprint density at radius 2 is 2.29 bits per heavy atom. The lowest BCUT2D eigenvalue weighted by Gasteiger charge is -2.17. The molecular formula is C17H19ClFN3O2. The second kappa shape index (κ2) is 6.91. The van der Waals surface area contributed by atoms with Gasteiger partial charge in [-0.05, 0) is 38.5 Å². The fraction of sp³-hybridized carbons (Fsp3) is 0.412. The van der Waals surface area contributed by atoms with E-state index in [-0.39, 0.29) is 17.0 Å². The van der Waals surface area contributed by atoms with E-state index in [1.54, 1.807) is 0 Å². The zero-order valence-electron chi connectivity index (χ0n) is 13.6. The molecule has 128 valence electrons. The molecule has 1 aromatic heterocycles. The van der Waals surface area contributed by atoms with Crippen LogP contribution in [-0.4, -0.2) is 35.1 Å². The summed E-state index contributed by atoms with van der Waals surface area (Å²) in [6, 6.07) is 3.83. The Kier molecular flexibility index (Phi) is 4.87. The lowest BCUT2D eigenvalue weighted by molar-refractivity contribution is 0.0937. The van der Waals surface area contributed by atoms with Crippen LogP contribution < -0.4 is 5.32 Å². The summed E-state index contributed by atoms with van der Waals surface area (Å²) in [6.07, 6.45) is 0.855. The summed E-state index contributed by atoms with van der Waals surface area (Å²) in [6.45, 7) is 6.21. The molecule has 0 spiro atoms. The van der Waals surface area contributed by atoms with Crippen LogP contribution >= 0.6 is 11.6 Å². The van der Waals surface area contributed by atoms with Crippen molar-refractivity contribution in [3.63, 3.8) is 0 Å². The van der Waals surface area contributed by atoms with Gasteiger partial charge in [0, 0.05) is 31.2 Å². The summed E-state index contributed by atoms with van der Waals surface area (Å²) in [5.41, 5.74) is 2.30. The minimum absolute atomic E-state index is 0.0408. The molecule has 5 nitrogen and oxygen atoms in total. The van der Waals surface area contributed by atoms with Crippen molar-refractivity contribution in [1.82, 2.24) is 15.4 Å². The summed E-state index contributed by atoms with van der Waals surface area (Å²) in [7, 11) is 0. The van der Waals surface area contributed by atoms with Gasteiger partial charge in [-0.25, -0.2) is 4.39 Å². The number of halogens is 2. The Bertz CT molecular complexity index is 743. The third-order valence-electron chi connectivity index (χ3n) is 4.35. The second-order valence-corrected chi connectivity index (χ2v) is 6.53. The van der Waals surface area contributed by atoms with E-state index in [0.717, 1.165) is 49.1 Å². The van der Waals surface area contributed by atoms with Gasteiger partial charge < -0.3 is 9.84 Å². The number of carbonyl (C=O) groups excluding carboxylic acids is 1. The monoisotopic (exact) mass is 351 g/mol. The molecule has 1 aliphatic heterocycles. The highest BCUT2D eigenvalue weighted by molar-refractivity contribution is 6.33. The predicted octanol–water partition coefficient (Wildman–Crippen LogP) is 3.09. The lowest BCUT2D eigenvalue weighted by Crippen LogP contribution is -2.37. The first kappa shape index (κ1) is 16.9. The first-order valence-electron chi connectivity index (χ1n) is 7.84. The minimum atomic E-state index is -0.456. The Labute approximate surface area is 144 Å². The van der Waals surface area contributed by atoms with Crippen LogP contribution in [0.15, 0.2) is 22.7 Å². The van der Waals surface area contributed by atoms with Crippen LogP contribution in [-0.2, 0) is 6.54 Å². The molecule has 0 radical (unpaired) electrons. The number of aryl methyl sites for hydroxylation is 2. The summed E-state index contributed by atoms with van der Waals surface area (Å²) >= 11 is 5.94. The number of likely N-dealkylation sites (tertiary alicyclic amines) is 1. The van der Waals surface area contributed by atoms with Gasteiger partial charge in [0.1, 0.15) is 11.6 Å². The first-order chi connectivity index (χ1) is 11.4. The molecule has 2 aromatic rings. The highest BCUT2D eigenvalue weighted by Crippen LogP contribution is 2.20. The highest BCUT2D eigenvalue weighted by Gasteiger charge is 2.26. The Morgan fingerprint density at radius 1 is 1.50 bits per heavy atom. The van der Waals surface area contributed by atoms with Crippen molar-refractivity contribution in [2.24, 2.45) is 0 Å². The van der Waals surface area contributed by atoms with Crippen LogP contribution in [0, 0.1) is 19.7 Å². The zero-order valence-corrected chi connectivity index (χ0v) is 14.4. The third-order valence-corrected chi connectivity index (χ3v) is 4.66. The van der Waals surface area contributed by atoms with E-state index in [1.807, 2.05) is 13.8 Å². The number of aromatic nitrogens is 1. The molecule has 1 fully saturated rings. The zero-order chi connectivity index (χ0) is 17.3.